The third-order valence-electron chi connectivity index (χ3n) is 2.41. The molecule has 0 aliphatic rings. The summed E-state index contributed by atoms with van der Waals surface area (Å²) in [7, 11) is 0. The standard InChI is InChI=1S/C12H14N3/c13-9-12-3-1-11(2-4-12)5-7-15-8-6-14-10-15/h1-4,6,8H,5,7,9,13H2. The van der Waals surface area contributed by atoms with E-state index >= 15 is 0 Å². The Bertz CT molecular complexity index is 389. The van der Waals surface area contributed by atoms with E-state index < -0.39 is 0 Å². The van der Waals surface area contributed by atoms with E-state index in [9.17, 15) is 0 Å². The Morgan fingerprint density at radius 3 is 2.53 bits per heavy atom. The molecule has 0 unspecified atom stereocenters. The van der Waals surface area contributed by atoms with Crippen molar-refractivity contribution in [2.24, 2.45) is 5.73 Å². The lowest BCUT2D eigenvalue weighted by atomic mass is 10.1. The van der Waals surface area contributed by atoms with Crippen LogP contribution in [0.2, 0.25) is 0 Å². The quantitative estimate of drug-likeness (QED) is 0.810. The number of nitrogens with zero attached hydrogens (tertiary/aromatic N) is 2. The van der Waals surface area contributed by atoms with Gasteiger partial charge >= 0.3 is 0 Å². The summed E-state index contributed by atoms with van der Waals surface area (Å²) in [4.78, 5) is 3.88. The molecule has 0 spiro atoms. The molecule has 1 heterocycles. The number of hydrogen-bond acceptors (Lipinski definition) is 2. The highest BCUT2D eigenvalue weighted by Crippen LogP contribution is 2.05. The smallest absolute Gasteiger partial charge is 0.176 e. The lowest BCUT2D eigenvalue weighted by Crippen LogP contribution is -2.00. The number of benzene rings is 1. The number of hydrogen-bond donors (Lipinski definition) is 1. The van der Waals surface area contributed by atoms with Gasteiger partial charge in [0.15, 0.2) is 6.33 Å². The van der Waals surface area contributed by atoms with Gasteiger partial charge in [-0.3, -0.25) is 0 Å². The summed E-state index contributed by atoms with van der Waals surface area (Å²) in [6, 6.07) is 8.40. The van der Waals surface area contributed by atoms with Crippen molar-refractivity contribution < 1.29 is 0 Å². The van der Waals surface area contributed by atoms with Gasteiger partial charge in [-0.1, -0.05) is 24.3 Å². The van der Waals surface area contributed by atoms with Crippen LogP contribution in [0.3, 0.4) is 0 Å². The van der Waals surface area contributed by atoms with Crippen molar-refractivity contribution in [3.05, 3.63) is 54.1 Å². The monoisotopic (exact) mass is 200 g/mol. The summed E-state index contributed by atoms with van der Waals surface area (Å²) in [6.45, 7) is 1.53. The summed E-state index contributed by atoms with van der Waals surface area (Å²) in [5.74, 6) is 0. The topological polar surface area (TPSA) is 43.8 Å². The molecular weight excluding hydrogens is 186 g/mol. The molecule has 0 aliphatic carbocycles. The first-order valence-electron chi connectivity index (χ1n) is 5.05. The minimum Gasteiger partial charge on any atom is -0.328 e. The highest BCUT2D eigenvalue weighted by atomic mass is 15.0. The van der Waals surface area contributed by atoms with E-state index in [0.29, 0.717) is 6.54 Å². The Labute approximate surface area is 89.6 Å². The SMILES string of the molecule is NCc1ccc(CCn2[c]ncc2)cc1. The van der Waals surface area contributed by atoms with Gasteiger partial charge in [0.2, 0.25) is 0 Å². The number of aromatic nitrogens is 2. The Morgan fingerprint density at radius 2 is 1.93 bits per heavy atom. The Morgan fingerprint density at radius 1 is 1.20 bits per heavy atom. The first-order chi connectivity index (χ1) is 7.38. The molecule has 0 fully saturated rings. The molecule has 0 saturated heterocycles. The van der Waals surface area contributed by atoms with Crippen LogP contribution in [-0.4, -0.2) is 9.55 Å². The zero-order valence-electron chi connectivity index (χ0n) is 8.56. The summed E-state index contributed by atoms with van der Waals surface area (Å²) >= 11 is 0. The van der Waals surface area contributed by atoms with E-state index in [2.05, 4.69) is 35.6 Å². The van der Waals surface area contributed by atoms with E-state index in [-0.39, 0.29) is 0 Å². The van der Waals surface area contributed by atoms with E-state index in [1.165, 1.54) is 11.1 Å². The minimum atomic E-state index is 0.607. The molecule has 2 rings (SSSR count). The van der Waals surface area contributed by atoms with E-state index in [4.69, 9.17) is 5.73 Å². The zero-order chi connectivity index (χ0) is 10.5. The molecule has 1 radical (unpaired) electrons. The molecule has 0 aliphatic heterocycles. The molecule has 0 saturated carbocycles. The third-order valence-corrected chi connectivity index (χ3v) is 2.41. The van der Waals surface area contributed by atoms with Crippen molar-refractivity contribution in [3.63, 3.8) is 0 Å². The van der Waals surface area contributed by atoms with Gasteiger partial charge < -0.3 is 10.3 Å². The number of rotatable bonds is 4. The molecule has 0 atom stereocenters. The molecular formula is C12H14N3. The van der Waals surface area contributed by atoms with Crippen molar-refractivity contribution in [1.82, 2.24) is 9.55 Å². The fourth-order valence-corrected chi connectivity index (χ4v) is 1.47. The van der Waals surface area contributed by atoms with E-state index in [0.717, 1.165) is 13.0 Å². The molecule has 3 nitrogen and oxygen atoms in total. The molecule has 77 valence electrons. The van der Waals surface area contributed by atoms with E-state index in [1.807, 2.05) is 10.8 Å². The predicted octanol–water partition coefficient (Wildman–Crippen LogP) is 1.38. The number of nitrogens with two attached hydrogens (primary N) is 1. The fraction of sp³-hybridized carbons (Fsp3) is 0.250. The Hall–Kier alpha value is -1.61. The first-order valence-corrected chi connectivity index (χ1v) is 5.05. The average Bonchev–Trinajstić information content (AvgIpc) is 2.80. The summed E-state index contributed by atoms with van der Waals surface area (Å²) in [6.07, 6.45) is 7.55. The Kier molecular flexibility index (Phi) is 3.15. The van der Waals surface area contributed by atoms with Crippen molar-refractivity contribution >= 4 is 0 Å². The van der Waals surface area contributed by atoms with Gasteiger partial charge in [0.25, 0.3) is 0 Å². The van der Waals surface area contributed by atoms with Gasteiger partial charge in [-0.25, -0.2) is 4.98 Å². The number of imidazole rings is 1. The first kappa shape index (κ1) is 9.93. The molecule has 2 N–H and O–H groups in total. The second kappa shape index (κ2) is 4.75. The Balaban J connectivity index is 1.93. The molecule has 0 bridgehead atoms. The highest BCUT2D eigenvalue weighted by Gasteiger charge is 1.95. The van der Waals surface area contributed by atoms with Gasteiger partial charge in [0, 0.05) is 25.5 Å². The van der Waals surface area contributed by atoms with Crippen LogP contribution in [0.25, 0.3) is 0 Å². The summed E-state index contributed by atoms with van der Waals surface area (Å²) in [5, 5.41) is 0. The largest absolute Gasteiger partial charge is 0.328 e. The molecule has 3 heteroatoms. The number of aryl methyl sites for hydroxylation is 2. The van der Waals surface area contributed by atoms with E-state index in [1.54, 1.807) is 6.20 Å². The van der Waals surface area contributed by atoms with Crippen molar-refractivity contribution in [3.8, 4) is 0 Å². The van der Waals surface area contributed by atoms with Crippen LogP contribution in [-0.2, 0) is 19.5 Å². The lowest BCUT2D eigenvalue weighted by molar-refractivity contribution is 0.690. The minimum absolute atomic E-state index is 0.607. The summed E-state index contributed by atoms with van der Waals surface area (Å²) < 4.78 is 1.96. The lowest BCUT2D eigenvalue weighted by Gasteiger charge is -2.03. The van der Waals surface area contributed by atoms with Gasteiger partial charge in [0.05, 0.1) is 0 Å². The highest BCUT2D eigenvalue weighted by molar-refractivity contribution is 5.22. The van der Waals surface area contributed by atoms with Crippen LogP contribution >= 0.6 is 0 Å². The van der Waals surface area contributed by atoms with Gasteiger partial charge in [-0.05, 0) is 17.5 Å². The van der Waals surface area contributed by atoms with Crippen LogP contribution in [0.4, 0.5) is 0 Å². The maximum Gasteiger partial charge on any atom is 0.176 e. The van der Waals surface area contributed by atoms with Crippen LogP contribution in [0.1, 0.15) is 11.1 Å². The molecule has 0 amide bonds. The molecule has 15 heavy (non-hydrogen) atoms. The van der Waals surface area contributed by atoms with Crippen LogP contribution in [0.5, 0.6) is 0 Å². The van der Waals surface area contributed by atoms with Crippen LogP contribution in [0.15, 0.2) is 36.7 Å². The predicted molar refractivity (Wildman–Crippen MR) is 59.1 cm³/mol. The second-order valence-corrected chi connectivity index (χ2v) is 3.49. The fourth-order valence-electron chi connectivity index (χ4n) is 1.47. The normalized spacial score (nSPS) is 10.5. The van der Waals surface area contributed by atoms with Gasteiger partial charge in [-0.15, -0.1) is 0 Å². The molecule has 2 aromatic rings. The maximum atomic E-state index is 5.53. The molecule has 1 aromatic carbocycles. The zero-order valence-corrected chi connectivity index (χ0v) is 8.56. The van der Waals surface area contributed by atoms with Crippen LogP contribution in [0, 0.1) is 6.33 Å². The van der Waals surface area contributed by atoms with Crippen molar-refractivity contribution in [1.29, 1.82) is 0 Å². The van der Waals surface area contributed by atoms with Gasteiger partial charge in [-0.2, -0.15) is 0 Å². The molecule has 1 aromatic heterocycles. The second-order valence-electron chi connectivity index (χ2n) is 3.49. The summed E-state index contributed by atoms with van der Waals surface area (Å²) in [5.41, 5.74) is 8.02. The van der Waals surface area contributed by atoms with Crippen molar-refractivity contribution in [2.45, 2.75) is 19.5 Å². The maximum absolute atomic E-state index is 5.53. The van der Waals surface area contributed by atoms with Crippen LogP contribution < -0.4 is 5.73 Å². The van der Waals surface area contributed by atoms with Crippen molar-refractivity contribution in [2.75, 3.05) is 0 Å². The average molecular weight is 200 g/mol. The third kappa shape index (κ3) is 2.67. The van der Waals surface area contributed by atoms with Gasteiger partial charge in [0.1, 0.15) is 0 Å².